The lowest BCUT2D eigenvalue weighted by Crippen LogP contribution is -2.22. The van der Waals surface area contributed by atoms with E-state index in [9.17, 15) is 4.79 Å². The summed E-state index contributed by atoms with van der Waals surface area (Å²) in [6, 6.07) is 17.3. The Kier molecular flexibility index (Phi) is 3.86. The first-order chi connectivity index (χ1) is 12.1. The van der Waals surface area contributed by atoms with Gasteiger partial charge in [0.1, 0.15) is 17.0 Å². The number of benzene rings is 1. The minimum atomic E-state index is -0.0461. The van der Waals surface area contributed by atoms with Crippen LogP contribution in [0.5, 0.6) is 0 Å². The van der Waals surface area contributed by atoms with Crippen molar-refractivity contribution in [1.82, 2.24) is 14.3 Å². The number of nitrogens with zero attached hydrogens (tertiary/aromatic N) is 3. The molecule has 0 aliphatic carbocycles. The van der Waals surface area contributed by atoms with Crippen LogP contribution in [0, 0.1) is 6.92 Å². The van der Waals surface area contributed by atoms with Crippen LogP contribution in [-0.2, 0) is 13.1 Å². The summed E-state index contributed by atoms with van der Waals surface area (Å²) in [6.07, 6.45) is 0. The van der Waals surface area contributed by atoms with Gasteiger partial charge in [-0.1, -0.05) is 24.3 Å². The molecular formula is C20H19N3O2. The van der Waals surface area contributed by atoms with E-state index in [4.69, 9.17) is 4.42 Å². The Morgan fingerprint density at radius 1 is 1.08 bits per heavy atom. The van der Waals surface area contributed by atoms with Crippen molar-refractivity contribution in [2.24, 2.45) is 0 Å². The van der Waals surface area contributed by atoms with Crippen molar-refractivity contribution >= 4 is 16.6 Å². The quantitative estimate of drug-likeness (QED) is 0.574. The number of furan rings is 1. The molecular weight excluding hydrogens is 314 g/mol. The summed E-state index contributed by atoms with van der Waals surface area (Å²) >= 11 is 0. The molecule has 5 nitrogen and oxygen atoms in total. The molecule has 4 aromatic rings. The first kappa shape index (κ1) is 15.6. The molecule has 0 spiro atoms. The fourth-order valence-corrected chi connectivity index (χ4v) is 3.16. The van der Waals surface area contributed by atoms with Crippen LogP contribution < -0.4 is 5.56 Å². The monoisotopic (exact) mass is 333 g/mol. The zero-order valence-electron chi connectivity index (χ0n) is 14.3. The lowest BCUT2D eigenvalue weighted by Gasteiger charge is -2.15. The number of hydrogen-bond donors (Lipinski definition) is 0. The highest BCUT2D eigenvalue weighted by atomic mass is 16.3. The molecule has 3 aromatic heterocycles. The van der Waals surface area contributed by atoms with Gasteiger partial charge in [0.05, 0.1) is 12.2 Å². The Balaban J connectivity index is 1.57. The van der Waals surface area contributed by atoms with Crippen LogP contribution in [0.3, 0.4) is 0 Å². The molecule has 0 radical (unpaired) electrons. The topological polar surface area (TPSA) is 50.8 Å². The van der Waals surface area contributed by atoms with E-state index in [1.807, 2.05) is 56.4 Å². The van der Waals surface area contributed by atoms with Gasteiger partial charge in [0.15, 0.2) is 0 Å². The molecule has 5 heteroatoms. The second kappa shape index (κ2) is 6.18. The molecule has 126 valence electrons. The molecule has 4 rings (SSSR count). The van der Waals surface area contributed by atoms with Crippen molar-refractivity contribution in [3.05, 3.63) is 82.1 Å². The summed E-state index contributed by atoms with van der Waals surface area (Å²) in [4.78, 5) is 19.1. The third-order valence-electron chi connectivity index (χ3n) is 4.27. The number of aromatic nitrogens is 2. The van der Waals surface area contributed by atoms with Crippen LogP contribution in [0.25, 0.3) is 16.6 Å². The molecule has 0 N–H and O–H groups in total. The maximum absolute atomic E-state index is 12.4. The van der Waals surface area contributed by atoms with Gasteiger partial charge in [-0.15, -0.1) is 0 Å². The van der Waals surface area contributed by atoms with Crippen molar-refractivity contribution in [3.8, 4) is 0 Å². The van der Waals surface area contributed by atoms with Crippen molar-refractivity contribution in [3.63, 3.8) is 0 Å². The van der Waals surface area contributed by atoms with E-state index >= 15 is 0 Å². The van der Waals surface area contributed by atoms with E-state index in [1.165, 1.54) is 0 Å². The lowest BCUT2D eigenvalue weighted by atomic mass is 10.2. The van der Waals surface area contributed by atoms with E-state index in [-0.39, 0.29) is 5.56 Å². The molecule has 1 aromatic carbocycles. The van der Waals surface area contributed by atoms with Crippen LogP contribution in [-0.4, -0.2) is 21.3 Å². The van der Waals surface area contributed by atoms with Crippen molar-refractivity contribution in [2.45, 2.75) is 20.0 Å². The summed E-state index contributed by atoms with van der Waals surface area (Å²) in [7, 11) is 1.99. The predicted molar refractivity (Wildman–Crippen MR) is 97.6 cm³/mol. The molecule has 0 aliphatic heterocycles. The third-order valence-corrected chi connectivity index (χ3v) is 4.27. The number of hydrogen-bond acceptors (Lipinski definition) is 4. The molecule has 0 saturated carbocycles. The van der Waals surface area contributed by atoms with Crippen molar-refractivity contribution in [1.29, 1.82) is 0 Å². The van der Waals surface area contributed by atoms with Gasteiger partial charge in [-0.3, -0.25) is 14.1 Å². The zero-order valence-corrected chi connectivity index (χ0v) is 14.3. The van der Waals surface area contributed by atoms with Gasteiger partial charge in [-0.25, -0.2) is 4.98 Å². The predicted octanol–water partition coefficient (Wildman–Crippen LogP) is 3.38. The average molecular weight is 333 g/mol. The Morgan fingerprint density at radius 2 is 1.92 bits per heavy atom. The highest BCUT2D eigenvalue weighted by Gasteiger charge is 2.10. The second-order valence-corrected chi connectivity index (χ2v) is 6.37. The van der Waals surface area contributed by atoms with Gasteiger partial charge in [0.25, 0.3) is 5.56 Å². The molecule has 3 heterocycles. The molecule has 0 aliphatic rings. The molecule has 0 atom stereocenters. The molecule has 25 heavy (non-hydrogen) atoms. The van der Waals surface area contributed by atoms with Gasteiger partial charge < -0.3 is 4.42 Å². The molecule has 0 fully saturated rings. The molecule has 0 amide bonds. The van der Waals surface area contributed by atoms with Crippen LogP contribution in [0.2, 0.25) is 0 Å². The second-order valence-electron chi connectivity index (χ2n) is 6.37. The van der Waals surface area contributed by atoms with E-state index in [1.54, 1.807) is 10.5 Å². The number of rotatable bonds is 4. The van der Waals surface area contributed by atoms with Gasteiger partial charge in [-0.2, -0.15) is 0 Å². The largest absolute Gasteiger partial charge is 0.460 e. The maximum Gasteiger partial charge on any atom is 0.258 e. The smallest absolute Gasteiger partial charge is 0.258 e. The number of aryl methyl sites for hydroxylation is 1. The zero-order chi connectivity index (χ0) is 17.4. The van der Waals surface area contributed by atoms with E-state index in [2.05, 4.69) is 16.0 Å². The number of pyridine rings is 1. The highest BCUT2D eigenvalue weighted by molar-refractivity contribution is 5.77. The van der Waals surface area contributed by atoms with E-state index in [0.717, 1.165) is 28.1 Å². The van der Waals surface area contributed by atoms with E-state index < -0.39 is 0 Å². The van der Waals surface area contributed by atoms with Gasteiger partial charge in [-0.05, 0) is 38.2 Å². The Morgan fingerprint density at radius 3 is 2.76 bits per heavy atom. The lowest BCUT2D eigenvalue weighted by molar-refractivity contribution is 0.288. The average Bonchev–Trinajstić information content (AvgIpc) is 2.96. The Labute approximate surface area is 145 Å². The minimum Gasteiger partial charge on any atom is -0.460 e. The molecule has 0 bridgehead atoms. The Hall–Kier alpha value is -2.92. The normalized spacial score (nSPS) is 11.6. The van der Waals surface area contributed by atoms with Crippen LogP contribution >= 0.6 is 0 Å². The summed E-state index contributed by atoms with van der Waals surface area (Å²) in [5, 5.41) is 1.10. The summed E-state index contributed by atoms with van der Waals surface area (Å²) < 4.78 is 7.49. The fraction of sp³-hybridized carbons (Fsp3) is 0.200. The first-order valence-corrected chi connectivity index (χ1v) is 8.24. The van der Waals surface area contributed by atoms with Gasteiger partial charge in [0, 0.05) is 23.7 Å². The molecule has 0 unspecified atom stereocenters. The van der Waals surface area contributed by atoms with Crippen LogP contribution in [0.4, 0.5) is 0 Å². The van der Waals surface area contributed by atoms with Gasteiger partial charge in [0.2, 0.25) is 0 Å². The Bertz CT molecular complexity index is 1080. The standard InChI is InChI=1S/C20H19N3O2/c1-14-6-5-9-19-21-16(11-20(24)23(14)19)12-22(2)13-17-10-15-7-3-4-8-18(15)25-17/h3-11H,12-13H2,1-2H3. The molecule has 0 saturated heterocycles. The van der Waals surface area contributed by atoms with Crippen LogP contribution in [0.1, 0.15) is 17.1 Å². The SMILES string of the molecule is Cc1cccc2nc(CN(C)Cc3cc4ccccc4o3)cc(=O)n12. The van der Waals surface area contributed by atoms with E-state index in [0.29, 0.717) is 18.7 Å². The summed E-state index contributed by atoms with van der Waals surface area (Å²) in [5.41, 5.74) is 3.17. The maximum atomic E-state index is 12.4. The van der Waals surface area contributed by atoms with Crippen LogP contribution in [0.15, 0.2) is 63.8 Å². The fourth-order valence-electron chi connectivity index (χ4n) is 3.16. The first-order valence-electron chi connectivity index (χ1n) is 8.24. The van der Waals surface area contributed by atoms with Crippen molar-refractivity contribution < 1.29 is 4.42 Å². The van der Waals surface area contributed by atoms with Crippen molar-refractivity contribution in [2.75, 3.05) is 7.05 Å². The number of fused-ring (bicyclic) bond motifs is 2. The number of para-hydroxylation sites is 1. The third kappa shape index (κ3) is 3.06. The summed E-state index contributed by atoms with van der Waals surface area (Å²) in [6.45, 7) is 3.14. The minimum absolute atomic E-state index is 0.0461. The highest BCUT2D eigenvalue weighted by Crippen LogP contribution is 2.20. The summed E-state index contributed by atoms with van der Waals surface area (Å²) in [5.74, 6) is 0.900. The van der Waals surface area contributed by atoms with Gasteiger partial charge >= 0.3 is 0 Å².